The number of esters is 1. The fourth-order valence-electron chi connectivity index (χ4n) is 3.10. The molecule has 2 N–H and O–H groups in total. The minimum Gasteiger partial charge on any atom is -0.466 e. The second-order valence-electron chi connectivity index (χ2n) is 7.34. The Balaban J connectivity index is 2.02. The average molecular weight is 526 g/mol. The van der Waals surface area contributed by atoms with Gasteiger partial charge in [-0.2, -0.15) is 4.99 Å². The highest BCUT2D eigenvalue weighted by Gasteiger charge is 2.20. The highest BCUT2D eigenvalue weighted by Crippen LogP contribution is 2.22. The first-order valence-corrected chi connectivity index (χ1v) is 14.1. The molecule has 1 aromatic heterocycles. The fraction of sp³-hybridized carbons (Fsp3) is 0.286. The Morgan fingerprint density at radius 2 is 1.71 bits per heavy atom. The van der Waals surface area contributed by atoms with Crippen LogP contribution in [0.5, 0.6) is 0 Å². The number of aromatic nitrogens is 1. The van der Waals surface area contributed by atoms with E-state index in [-0.39, 0.29) is 34.2 Å². The summed E-state index contributed by atoms with van der Waals surface area (Å²) in [6, 6.07) is 10.2. The van der Waals surface area contributed by atoms with E-state index < -0.39 is 37.5 Å². The zero-order chi connectivity index (χ0) is 25.1. The van der Waals surface area contributed by atoms with Crippen LogP contribution in [0.15, 0.2) is 57.2 Å². The molecule has 10 nitrogen and oxygen atoms in total. The number of sulfone groups is 1. The summed E-state index contributed by atoms with van der Waals surface area (Å²) in [5.74, 6) is -2.21. The van der Waals surface area contributed by atoms with Gasteiger partial charge in [-0.15, -0.1) is 0 Å². The van der Waals surface area contributed by atoms with Gasteiger partial charge in [0.15, 0.2) is 14.6 Å². The standard InChI is InChI=1S/C21H23N3O7S3/c1-3-31-20(26)10-11-24-17-9-8-16(34(22,29)30)12-18(17)32-21(24)23-19(25)13-33(27,28)15-6-4-14(2)5-7-15/h4-9,12H,3,10-11,13H2,1-2H3,(H2,22,29,30). The summed E-state index contributed by atoms with van der Waals surface area (Å²) in [6.45, 7) is 3.78. The van der Waals surface area contributed by atoms with E-state index in [4.69, 9.17) is 9.88 Å². The molecule has 0 bridgehead atoms. The highest BCUT2D eigenvalue weighted by atomic mass is 32.2. The summed E-state index contributed by atoms with van der Waals surface area (Å²) in [7, 11) is -7.88. The summed E-state index contributed by atoms with van der Waals surface area (Å²) in [5, 5.41) is 5.20. The number of thiazole rings is 1. The number of nitrogens with zero attached hydrogens (tertiary/aromatic N) is 2. The molecule has 0 aliphatic carbocycles. The first-order chi connectivity index (χ1) is 15.9. The van der Waals surface area contributed by atoms with Crippen LogP contribution in [0, 0.1) is 6.92 Å². The van der Waals surface area contributed by atoms with Gasteiger partial charge >= 0.3 is 5.97 Å². The average Bonchev–Trinajstić information content (AvgIpc) is 3.07. The molecule has 0 saturated heterocycles. The van der Waals surface area contributed by atoms with E-state index in [0.29, 0.717) is 10.2 Å². The van der Waals surface area contributed by atoms with Gasteiger partial charge in [0.2, 0.25) is 10.0 Å². The van der Waals surface area contributed by atoms with Crippen LogP contribution in [0.4, 0.5) is 0 Å². The quantitative estimate of drug-likeness (QED) is 0.437. The van der Waals surface area contributed by atoms with Gasteiger partial charge in [0.25, 0.3) is 5.91 Å². The molecule has 34 heavy (non-hydrogen) atoms. The van der Waals surface area contributed by atoms with Crippen molar-refractivity contribution >= 4 is 53.3 Å². The van der Waals surface area contributed by atoms with Crippen molar-refractivity contribution in [2.24, 2.45) is 10.1 Å². The van der Waals surface area contributed by atoms with Crippen LogP contribution >= 0.6 is 11.3 Å². The molecule has 182 valence electrons. The Kier molecular flexibility index (Phi) is 7.70. The Morgan fingerprint density at radius 3 is 2.32 bits per heavy atom. The lowest BCUT2D eigenvalue weighted by Gasteiger charge is -2.06. The van der Waals surface area contributed by atoms with E-state index in [1.165, 1.54) is 30.3 Å². The predicted octanol–water partition coefficient (Wildman–Crippen LogP) is 1.51. The lowest BCUT2D eigenvalue weighted by molar-refractivity contribution is -0.143. The van der Waals surface area contributed by atoms with Crippen molar-refractivity contribution in [3.05, 3.63) is 52.8 Å². The number of carbonyl (C=O) groups is 2. The molecule has 0 saturated carbocycles. The van der Waals surface area contributed by atoms with Crippen molar-refractivity contribution in [2.45, 2.75) is 36.6 Å². The molecule has 1 heterocycles. The van der Waals surface area contributed by atoms with Crippen molar-refractivity contribution in [1.82, 2.24) is 4.57 Å². The van der Waals surface area contributed by atoms with E-state index in [2.05, 4.69) is 4.99 Å². The number of aryl methyl sites for hydroxylation is 2. The minimum atomic E-state index is -3.97. The number of rotatable bonds is 8. The summed E-state index contributed by atoms with van der Waals surface area (Å²) in [4.78, 5) is 28.4. The van der Waals surface area contributed by atoms with Gasteiger partial charge in [-0.1, -0.05) is 29.0 Å². The summed E-state index contributed by atoms with van der Waals surface area (Å²) in [5.41, 5.74) is 1.39. The number of benzene rings is 2. The molecular formula is C21H23N3O7S3. The van der Waals surface area contributed by atoms with E-state index in [0.717, 1.165) is 16.9 Å². The predicted molar refractivity (Wildman–Crippen MR) is 126 cm³/mol. The maximum atomic E-state index is 12.6. The van der Waals surface area contributed by atoms with E-state index in [1.807, 2.05) is 6.92 Å². The monoisotopic (exact) mass is 525 g/mol. The molecular weight excluding hydrogens is 502 g/mol. The first-order valence-electron chi connectivity index (χ1n) is 10.1. The normalized spacial score (nSPS) is 12.7. The van der Waals surface area contributed by atoms with Gasteiger partial charge < -0.3 is 9.30 Å². The van der Waals surface area contributed by atoms with Crippen LogP contribution in [0.25, 0.3) is 10.2 Å². The number of primary sulfonamides is 1. The third-order valence-electron chi connectivity index (χ3n) is 4.74. The van der Waals surface area contributed by atoms with Crippen molar-refractivity contribution in [2.75, 3.05) is 12.4 Å². The van der Waals surface area contributed by atoms with Crippen LogP contribution in [-0.2, 0) is 40.7 Å². The van der Waals surface area contributed by atoms with Crippen LogP contribution in [0.1, 0.15) is 18.9 Å². The van der Waals surface area contributed by atoms with Crippen molar-refractivity contribution < 1.29 is 31.2 Å². The summed E-state index contributed by atoms with van der Waals surface area (Å²) >= 11 is 0.980. The lowest BCUT2D eigenvalue weighted by atomic mass is 10.2. The Bertz CT molecular complexity index is 1520. The van der Waals surface area contributed by atoms with Crippen molar-refractivity contribution in [1.29, 1.82) is 0 Å². The van der Waals surface area contributed by atoms with Crippen molar-refractivity contribution in [3.63, 3.8) is 0 Å². The summed E-state index contributed by atoms with van der Waals surface area (Å²) < 4.78 is 55.6. The van der Waals surface area contributed by atoms with Crippen LogP contribution in [-0.4, -0.2) is 45.6 Å². The molecule has 0 radical (unpaired) electrons. The number of nitrogens with two attached hydrogens (primary N) is 1. The Hall–Kier alpha value is -2.87. The van der Waals surface area contributed by atoms with Gasteiger partial charge in [-0.05, 0) is 44.2 Å². The van der Waals surface area contributed by atoms with Gasteiger partial charge in [-0.25, -0.2) is 22.0 Å². The third-order valence-corrected chi connectivity index (χ3v) is 8.31. The smallest absolute Gasteiger partial charge is 0.307 e. The zero-order valence-corrected chi connectivity index (χ0v) is 20.9. The molecule has 0 unspecified atom stereocenters. The van der Waals surface area contributed by atoms with E-state index >= 15 is 0 Å². The Morgan fingerprint density at radius 1 is 1.06 bits per heavy atom. The second kappa shape index (κ2) is 10.2. The molecule has 0 aliphatic heterocycles. The number of ether oxygens (including phenoxy) is 1. The molecule has 13 heteroatoms. The number of amides is 1. The fourth-order valence-corrected chi connectivity index (χ4v) is 5.93. The second-order valence-corrected chi connectivity index (χ2v) is 11.9. The minimum absolute atomic E-state index is 0.00553. The topological polar surface area (TPSA) is 155 Å². The van der Waals surface area contributed by atoms with E-state index in [9.17, 15) is 26.4 Å². The highest BCUT2D eigenvalue weighted by molar-refractivity contribution is 7.92. The molecule has 3 aromatic rings. The SMILES string of the molecule is CCOC(=O)CCn1c(=NC(=O)CS(=O)(=O)c2ccc(C)cc2)sc2cc(S(N)(=O)=O)ccc21. The number of sulfonamides is 1. The molecule has 1 amide bonds. The van der Waals surface area contributed by atoms with Crippen LogP contribution in [0.3, 0.4) is 0 Å². The Labute approximate surface area is 200 Å². The number of fused-ring (bicyclic) bond motifs is 1. The number of hydrogen-bond acceptors (Lipinski definition) is 8. The first kappa shape index (κ1) is 25.7. The van der Waals surface area contributed by atoms with Gasteiger partial charge in [0.05, 0.1) is 33.0 Å². The van der Waals surface area contributed by atoms with Crippen molar-refractivity contribution in [3.8, 4) is 0 Å². The molecule has 2 aromatic carbocycles. The summed E-state index contributed by atoms with van der Waals surface area (Å²) in [6.07, 6.45) is -0.0281. The third kappa shape index (κ3) is 6.17. The number of hydrogen-bond donors (Lipinski definition) is 1. The van der Waals surface area contributed by atoms with Crippen LogP contribution in [0.2, 0.25) is 0 Å². The molecule has 0 fully saturated rings. The van der Waals surface area contributed by atoms with Gasteiger partial charge in [0.1, 0.15) is 5.75 Å². The zero-order valence-electron chi connectivity index (χ0n) is 18.4. The lowest BCUT2D eigenvalue weighted by Crippen LogP contribution is -2.22. The number of carbonyl (C=O) groups excluding carboxylic acids is 2. The van der Waals surface area contributed by atoms with Gasteiger partial charge in [-0.3, -0.25) is 9.59 Å². The molecule has 0 aliphatic rings. The van der Waals surface area contributed by atoms with E-state index in [1.54, 1.807) is 23.6 Å². The van der Waals surface area contributed by atoms with Gasteiger partial charge in [0, 0.05) is 6.54 Å². The largest absolute Gasteiger partial charge is 0.466 e. The maximum absolute atomic E-state index is 12.6. The molecule has 0 atom stereocenters. The maximum Gasteiger partial charge on any atom is 0.307 e. The van der Waals surface area contributed by atoms with Crippen LogP contribution < -0.4 is 9.94 Å². The molecule has 3 rings (SSSR count). The molecule has 0 spiro atoms.